The number of hydrogen-bond donors (Lipinski definition) is 4. The number of aliphatic carboxylic acids is 1. The fourth-order valence-corrected chi connectivity index (χ4v) is 0.982. The van der Waals surface area contributed by atoms with Crippen LogP contribution in [-0.2, 0) is 14.4 Å². The summed E-state index contributed by atoms with van der Waals surface area (Å²) < 4.78 is 0. The first-order valence-corrected chi connectivity index (χ1v) is 5.04. The minimum absolute atomic E-state index is 0.00278. The minimum atomic E-state index is -1.15. The summed E-state index contributed by atoms with van der Waals surface area (Å²) in [7, 11) is 0. The molecule has 0 aliphatic heterocycles. The maximum atomic E-state index is 11.1. The predicted octanol–water partition coefficient (Wildman–Crippen LogP) is -0.988. The van der Waals surface area contributed by atoms with Crippen LogP contribution in [0.2, 0.25) is 0 Å². The number of amides is 2. The van der Waals surface area contributed by atoms with Crippen LogP contribution in [0.3, 0.4) is 0 Å². The van der Waals surface area contributed by atoms with Gasteiger partial charge in [0.2, 0.25) is 11.8 Å². The van der Waals surface area contributed by atoms with Crippen LogP contribution in [0.1, 0.15) is 13.3 Å². The highest BCUT2D eigenvalue weighted by Gasteiger charge is 2.17. The topological polar surface area (TPSA) is 95.5 Å². The number of nitrogens with one attached hydrogen (secondary N) is 2. The third kappa shape index (κ3) is 5.95. The Hall–Kier alpha value is -1.24. The molecule has 2 amide bonds. The lowest BCUT2D eigenvalue weighted by atomic mass is 10.3. The van der Waals surface area contributed by atoms with E-state index in [1.54, 1.807) is 6.92 Å². The lowest BCUT2D eigenvalue weighted by Crippen LogP contribution is -2.46. The molecule has 1 unspecified atom stereocenters. The SMILES string of the molecule is CCC(=O)NCC(=O)NC(CS)C(=O)O. The van der Waals surface area contributed by atoms with Crippen molar-refractivity contribution in [2.24, 2.45) is 0 Å². The van der Waals surface area contributed by atoms with E-state index in [1.165, 1.54) is 0 Å². The highest BCUT2D eigenvalue weighted by molar-refractivity contribution is 7.80. The molecular formula is C8H14N2O4S. The van der Waals surface area contributed by atoms with Gasteiger partial charge in [-0.15, -0.1) is 0 Å². The van der Waals surface area contributed by atoms with E-state index in [9.17, 15) is 14.4 Å². The second-order valence-electron chi connectivity index (χ2n) is 2.77. The van der Waals surface area contributed by atoms with E-state index in [0.717, 1.165) is 0 Å². The van der Waals surface area contributed by atoms with E-state index in [2.05, 4.69) is 23.3 Å². The molecule has 0 saturated heterocycles. The first kappa shape index (κ1) is 13.8. The zero-order valence-corrected chi connectivity index (χ0v) is 9.21. The standard InChI is InChI=1S/C8H14N2O4S/c1-2-6(11)9-3-7(12)10-5(4-15)8(13)14/h5,15H,2-4H2,1H3,(H,9,11)(H,10,12)(H,13,14). The van der Waals surface area contributed by atoms with Crippen LogP contribution >= 0.6 is 12.6 Å². The Morgan fingerprint density at radius 3 is 2.33 bits per heavy atom. The maximum absolute atomic E-state index is 11.1. The number of rotatable bonds is 6. The molecule has 1 atom stereocenters. The summed E-state index contributed by atoms with van der Waals surface area (Å²) in [5.74, 6) is -1.95. The quantitative estimate of drug-likeness (QED) is 0.444. The Morgan fingerprint density at radius 1 is 1.33 bits per heavy atom. The Kier molecular flexibility index (Phi) is 6.52. The summed E-state index contributed by atoms with van der Waals surface area (Å²) in [4.78, 5) is 32.4. The number of carbonyl (C=O) groups excluding carboxylic acids is 2. The molecule has 0 aromatic carbocycles. The van der Waals surface area contributed by atoms with Gasteiger partial charge >= 0.3 is 5.97 Å². The molecule has 0 aromatic rings. The van der Waals surface area contributed by atoms with Crippen molar-refractivity contribution in [2.75, 3.05) is 12.3 Å². The molecule has 6 nitrogen and oxygen atoms in total. The van der Waals surface area contributed by atoms with Crippen molar-refractivity contribution in [1.82, 2.24) is 10.6 Å². The first-order valence-electron chi connectivity index (χ1n) is 4.41. The van der Waals surface area contributed by atoms with Crippen LogP contribution in [0.25, 0.3) is 0 Å². The second kappa shape index (κ2) is 7.10. The fraction of sp³-hybridized carbons (Fsp3) is 0.625. The van der Waals surface area contributed by atoms with Crippen molar-refractivity contribution >= 4 is 30.4 Å². The summed E-state index contributed by atoms with van der Waals surface area (Å²) in [6.07, 6.45) is 0.280. The Morgan fingerprint density at radius 2 is 1.93 bits per heavy atom. The van der Waals surface area contributed by atoms with Crippen molar-refractivity contribution < 1.29 is 19.5 Å². The predicted molar refractivity (Wildman–Crippen MR) is 56.7 cm³/mol. The third-order valence-electron chi connectivity index (χ3n) is 1.58. The van der Waals surface area contributed by atoms with Gasteiger partial charge in [-0.05, 0) is 0 Å². The van der Waals surface area contributed by atoms with Gasteiger partial charge in [0.05, 0.1) is 6.54 Å². The number of thiol groups is 1. The van der Waals surface area contributed by atoms with Gasteiger partial charge in [0, 0.05) is 12.2 Å². The van der Waals surface area contributed by atoms with E-state index >= 15 is 0 Å². The molecule has 0 saturated carbocycles. The van der Waals surface area contributed by atoms with Crippen molar-refractivity contribution in [3.63, 3.8) is 0 Å². The first-order chi connectivity index (χ1) is 7.01. The molecule has 7 heteroatoms. The summed E-state index contributed by atoms with van der Waals surface area (Å²) in [6.45, 7) is 1.44. The lowest BCUT2D eigenvalue weighted by molar-refractivity contribution is -0.141. The van der Waals surface area contributed by atoms with Gasteiger partial charge in [0.1, 0.15) is 6.04 Å². The smallest absolute Gasteiger partial charge is 0.327 e. The van der Waals surface area contributed by atoms with Crippen molar-refractivity contribution in [3.8, 4) is 0 Å². The monoisotopic (exact) mass is 234 g/mol. The van der Waals surface area contributed by atoms with Crippen LogP contribution in [0.4, 0.5) is 0 Å². The average molecular weight is 234 g/mol. The van der Waals surface area contributed by atoms with Gasteiger partial charge in [0.15, 0.2) is 0 Å². The van der Waals surface area contributed by atoms with Crippen LogP contribution in [0.5, 0.6) is 0 Å². The second-order valence-corrected chi connectivity index (χ2v) is 3.14. The number of carbonyl (C=O) groups is 3. The highest BCUT2D eigenvalue weighted by Crippen LogP contribution is 1.87. The van der Waals surface area contributed by atoms with Gasteiger partial charge in [-0.3, -0.25) is 9.59 Å². The van der Waals surface area contributed by atoms with Gasteiger partial charge in [-0.2, -0.15) is 12.6 Å². The van der Waals surface area contributed by atoms with Gasteiger partial charge < -0.3 is 15.7 Å². The lowest BCUT2D eigenvalue weighted by Gasteiger charge is -2.11. The zero-order chi connectivity index (χ0) is 11.8. The van der Waals surface area contributed by atoms with Crippen molar-refractivity contribution in [2.45, 2.75) is 19.4 Å². The number of carboxylic acids is 1. The number of carboxylic acid groups (broad SMARTS) is 1. The van der Waals surface area contributed by atoms with Crippen molar-refractivity contribution in [3.05, 3.63) is 0 Å². The normalized spacial score (nSPS) is 11.6. The molecule has 0 aliphatic carbocycles. The Balaban J connectivity index is 3.91. The Labute approximate surface area is 92.8 Å². The summed E-state index contributed by atoms with van der Waals surface area (Å²) >= 11 is 3.77. The zero-order valence-electron chi connectivity index (χ0n) is 8.32. The molecule has 0 heterocycles. The Bertz CT molecular complexity index is 257. The summed E-state index contributed by atoms with van der Waals surface area (Å²) in [5, 5.41) is 13.1. The molecule has 0 fully saturated rings. The summed E-state index contributed by atoms with van der Waals surface area (Å²) in [6, 6.07) is -1.03. The molecule has 15 heavy (non-hydrogen) atoms. The van der Waals surface area contributed by atoms with Crippen LogP contribution in [0.15, 0.2) is 0 Å². The molecule has 0 rings (SSSR count). The molecule has 0 aromatic heterocycles. The fourth-order valence-electron chi connectivity index (χ4n) is 0.735. The van der Waals surface area contributed by atoms with E-state index in [-0.39, 0.29) is 24.6 Å². The van der Waals surface area contributed by atoms with Crippen LogP contribution < -0.4 is 10.6 Å². The molecule has 3 N–H and O–H groups in total. The molecule has 86 valence electrons. The van der Waals surface area contributed by atoms with Crippen molar-refractivity contribution in [1.29, 1.82) is 0 Å². The number of hydrogen-bond acceptors (Lipinski definition) is 4. The largest absolute Gasteiger partial charge is 0.480 e. The average Bonchev–Trinajstić information content (AvgIpc) is 2.21. The highest BCUT2D eigenvalue weighted by atomic mass is 32.1. The molecule has 0 radical (unpaired) electrons. The minimum Gasteiger partial charge on any atom is -0.480 e. The molecule has 0 spiro atoms. The van der Waals surface area contributed by atoms with E-state index in [0.29, 0.717) is 0 Å². The van der Waals surface area contributed by atoms with Gasteiger partial charge in [-0.1, -0.05) is 6.92 Å². The third-order valence-corrected chi connectivity index (χ3v) is 1.95. The molecular weight excluding hydrogens is 220 g/mol. The van der Waals surface area contributed by atoms with E-state index in [1.807, 2.05) is 0 Å². The molecule has 0 bridgehead atoms. The van der Waals surface area contributed by atoms with Crippen LogP contribution in [0, 0.1) is 0 Å². The summed E-state index contributed by atoms with van der Waals surface area (Å²) in [5.41, 5.74) is 0. The maximum Gasteiger partial charge on any atom is 0.327 e. The van der Waals surface area contributed by atoms with E-state index in [4.69, 9.17) is 5.11 Å². The molecule has 0 aliphatic rings. The van der Waals surface area contributed by atoms with E-state index < -0.39 is 17.9 Å². The van der Waals surface area contributed by atoms with Gasteiger partial charge in [-0.25, -0.2) is 4.79 Å². The van der Waals surface area contributed by atoms with Gasteiger partial charge in [0.25, 0.3) is 0 Å². The van der Waals surface area contributed by atoms with Crippen LogP contribution in [-0.4, -0.2) is 41.2 Å².